The summed E-state index contributed by atoms with van der Waals surface area (Å²) in [6.07, 6.45) is 3.81. The fraction of sp³-hybridized carbons (Fsp3) is 0.316. The fourth-order valence-electron chi connectivity index (χ4n) is 2.00. The van der Waals surface area contributed by atoms with Crippen LogP contribution in [0.25, 0.3) is 0 Å². The Bertz CT molecular complexity index is 636. The SMILES string of the molecule is CCCCOc1ccc(N=Cc2ccc(OCC)cc2O)cc1. The Labute approximate surface area is 137 Å². The predicted molar refractivity (Wildman–Crippen MR) is 93.4 cm³/mol. The number of hydrogen-bond donors (Lipinski definition) is 1. The van der Waals surface area contributed by atoms with E-state index in [1.807, 2.05) is 37.3 Å². The number of nitrogens with zero attached hydrogens (tertiary/aromatic N) is 1. The molecule has 0 aromatic heterocycles. The minimum absolute atomic E-state index is 0.152. The molecule has 122 valence electrons. The van der Waals surface area contributed by atoms with E-state index < -0.39 is 0 Å². The van der Waals surface area contributed by atoms with Crippen molar-refractivity contribution < 1.29 is 14.6 Å². The van der Waals surface area contributed by atoms with Gasteiger partial charge in [0.2, 0.25) is 0 Å². The minimum Gasteiger partial charge on any atom is -0.507 e. The molecule has 0 aliphatic heterocycles. The number of phenols is 1. The predicted octanol–water partition coefficient (Wildman–Crippen LogP) is 4.72. The summed E-state index contributed by atoms with van der Waals surface area (Å²) in [6, 6.07) is 12.8. The number of hydrogen-bond acceptors (Lipinski definition) is 4. The van der Waals surface area contributed by atoms with Gasteiger partial charge in [-0.2, -0.15) is 0 Å². The van der Waals surface area contributed by atoms with Crippen LogP contribution in [0, 0.1) is 0 Å². The standard InChI is InChI=1S/C19H23NO3/c1-3-5-12-23-17-10-7-16(8-11-17)20-14-15-6-9-18(22-4-2)13-19(15)21/h6-11,13-14,21H,3-5,12H2,1-2H3. The summed E-state index contributed by atoms with van der Waals surface area (Å²) in [5.74, 6) is 1.65. The number of aliphatic imine (C=N–C) groups is 1. The molecule has 0 atom stereocenters. The number of ether oxygens (including phenoxy) is 2. The molecule has 0 saturated carbocycles. The third kappa shape index (κ3) is 5.33. The van der Waals surface area contributed by atoms with Gasteiger partial charge >= 0.3 is 0 Å². The molecular formula is C19H23NO3. The third-order valence-electron chi connectivity index (χ3n) is 3.27. The third-order valence-corrected chi connectivity index (χ3v) is 3.27. The highest BCUT2D eigenvalue weighted by atomic mass is 16.5. The number of rotatable bonds is 8. The van der Waals surface area contributed by atoms with Crippen LogP contribution < -0.4 is 9.47 Å². The number of phenolic OH excluding ortho intramolecular Hbond substituents is 1. The van der Waals surface area contributed by atoms with Crippen molar-refractivity contribution in [1.82, 2.24) is 0 Å². The van der Waals surface area contributed by atoms with E-state index in [0.29, 0.717) is 17.9 Å². The first kappa shape index (κ1) is 16.9. The molecule has 23 heavy (non-hydrogen) atoms. The number of unbranched alkanes of at least 4 members (excludes halogenated alkanes) is 1. The molecule has 0 bridgehead atoms. The van der Waals surface area contributed by atoms with Gasteiger partial charge in [0.1, 0.15) is 17.2 Å². The molecule has 4 heteroatoms. The Hall–Kier alpha value is -2.49. The molecular weight excluding hydrogens is 290 g/mol. The van der Waals surface area contributed by atoms with Crippen LogP contribution in [0.4, 0.5) is 5.69 Å². The lowest BCUT2D eigenvalue weighted by Crippen LogP contribution is -1.95. The van der Waals surface area contributed by atoms with Crippen LogP contribution in [0.5, 0.6) is 17.2 Å². The fourth-order valence-corrected chi connectivity index (χ4v) is 2.00. The van der Waals surface area contributed by atoms with E-state index in [1.165, 1.54) is 0 Å². The summed E-state index contributed by atoms with van der Waals surface area (Å²) < 4.78 is 11.0. The summed E-state index contributed by atoms with van der Waals surface area (Å²) >= 11 is 0. The second kappa shape index (κ2) is 8.83. The van der Waals surface area contributed by atoms with Crippen LogP contribution in [0.1, 0.15) is 32.3 Å². The van der Waals surface area contributed by atoms with Crippen LogP contribution in [0.2, 0.25) is 0 Å². The highest BCUT2D eigenvalue weighted by molar-refractivity contribution is 5.85. The molecule has 2 rings (SSSR count). The Kier molecular flexibility index (Phi) is 6.48. The summed E-state index contributed by atoms with van der Waals surface area (Å²) in [6.45, 7) is 5.35. The normalized spacial score (nSPS) is 10.9. The molecule has 0 aliphatic carbocycles. The van der Waals surface area contributed by atoms with Crippen molar-refractivity contribution in [1.29, 1.82) is 0 Å². The zero-order chi connectivity index (χ0) is 16.5. The zero-order valence-corrected chi connectivity index (χ0v) is 13.7. The van der Waals surface area contributed by atoms with Gasteiger partial charge in [0.05, 0.1) is 18.9 Å². The second-order valence-electron chi connectivity index (χ2n) is 5.11. The van der Waals surface area contributed by atoms with Crippen molar-refractivity contribution in [2.45, 2.75) is 26.7 Å². The molecule has 2 aromatic carbocycles. The van der Waals surface area contributed by atoms with Crippen molar-refractivity contribution in [3.05, 3.63) is 48.0 Å². The molecule has 0 amide bonds. The van der Waals surface area contributed by atoms with E-state index in [1.54, 1.807) is 18.3 Å². The molecule has 0 saturated heterocycles. The van der Waals surface area contributed by atoms with Crippen molar-refractivity contribution >= 4 is 11.9 Å². The van der Waals surface area contributed by atoms with Gasteiger partial charge in [-0.3, -0.25) is 4.99 Å². The Morgan fingerprint density at radius 2 is 1.74 bits per heavy atom. The number of benzene rings is 2. The van der Waals surface area contributed by atoms with Gasteiger partial charge in [0.25, 0.3) is 0 Å². The van der Waals surface area contributed by atoms with Crippen LogP contribution >= 0.6 is 0 Å². The lowest BCUT2D eigenvalue weighted by molar-refractivity contribution is 0.309. The molecule has 0 unspecified atom stereocenters. The Morgan fingerprint density at radius 1 is 1.00 bits per heavy atom. The zero-order valence-electron chi connectivity index (χ0n) is 13.7. The van der Waals surface area contributed by atoms with E-state index in [0.717, 1.165) is 30.9 Å². The lowest BCUT2D eigenvalue weighted by Gasteiger charge is -2.06. The average molecular weight is 313 g/mol. The van der Waals surface area contributed by atoms with Gasteiger partial charge in [-0.25, -0.2) is 0 Å². The van der Waals surface area contributed by atoms with Crippen molar-refractivity contribution in [2.75, 3.05) is 13.2 Å². The van der Waals surface area contributed by atoms with Crippen LogP contribution in [0.3, 0.4) is 0 Å². The maximum absolute atomic E-state index is 9.97. The second-order valence-corrected chi connectivity index (χ2v) is 5.11. The van der Waals surface area contributed by atoms with E-state index in [-0.39, 0.29) is 5.75 Å². The quantitative estimate of drug-likeness (QED) is 0.566. The first-order chi connectivity index (χ1) is 11.2. The van der Waals surface area contributed by atoms with E-state index in [2.05, 4.69) is 11.9 Å². The lowest BCUT2D eigenvalue weighted by atomic mass is 10.2. The highest BCUT2D eigenvalue weighted by Gasteiger charge is 2.01. The van der Waals surface area contributed by atoms with Gasteiger partial charge in [-0.1, -0.05) is 13.3 Å². The molecule has 0 heterocycles. The molecule has 1 N–H and O–H groups in total. The molecule has 0 spiro atoms. The maximum Gasteiger partial charge on any atom is 0.128 e. The summed E-state index contributed by atoms with van der Waals surface area (Å²) in [4.78, 5) is 4.37. The first-order valence-corrected chi connectivity index (χ1v) is 7.95. The van der Waals surface area contributed by atoms with E-state index in [9.17, 15) is 5.11 Å². The average Bonchev–Trinajstić information content (AvgIpc) is 2.56. The molecule has 0 aliphatic rings. The van der Waals surface area contributed by atoms with Crippen molar-refractivity contribution in [2.24, 2.45) is 4.99 Å². The summed E-state index contributed by atoms with van der Waals surface area (Å²) in [7, 11) is 0. The van der Waals surface area contributed by atoms with E-state index in [4.69, 9.17) is 9.47 Å². The minimum atomic E-state index is 0.152. The smallest absolute Gasteiger partial charge is 0.128 e. The highest BCUT2D eigenvalue weighted by Crippen LogP contribution is 2.24. The van der Waals surface area contributed by atoms with Gasteiger partial charge in [-0.05, 0) is 49.7 Å². The van der Waals surface area contributed by atoms with Crippen LogP contribution in [-0.2, 0) is 0 Å². The van der Waals surface area contributed by atoms with Crippen molar-refractivity contribution in [3.8, 4) is 17.2 Å². The number of aromatic hydroxyl groups is 1. The molecule has 0 fully saturated rings. The van der Waals surface area contributed by atoms with Gasteiger partial charge in [-0.15, -0.1) is 0 Å². The maximum atomic E-state index is 9.97. The van der Waals surface area contributed by atoms with E-state index >= 15 is 0 Å². The summed E-state index contributed by atoms with van der Waals surface area (Å²) in [5.41, 5.74) is 1.46. The van der Waals surface area contributed by atoms with Gasteiger partial charge in [0.15, 0.2) is 0 Å². The Morgan fingerprint density at radius 3 is 2.39 bits per heavy atom. The largest absolute Gasteiger partial charge is 0.507 e. The monoisotopic (exact) mass is 313 g/mol. The van der Waals surface area contributed by atoms with Gasteiger partial charge in [0, 0.05) is 17.8 Å². The Balaban J connectivity index is 1.99. The van der Waals surface area contributed by atoms with Crippen molar-refractivity contribution in [3.63, 3.8) is 0 Å². The topological polar surface area (TPSA) is 51.0 Å². The van der Waals surface area contributed by atoms with Gasteiger partial charge < -0.3 is 14.6 Å². The molecule has 4 nitrogen and oxygen atoms in total. The van der Waals surface area contributed by atoms with Crippen LogP contribution in [0.15, 0.2) is 47.5 Å². The first-order valence-electron chi connectivity index (χ1n) is 7.95. The van der Waals surface area contributed by atoms with Crippen LogP contribution in [-0.4, -0.2) is 24.5 Å². The summed E-state index contributed by atoms with van der Waals surface area (Å²) in [5, 5.41) is 9.97. The molecule has 0 radical (unpaired) electrons. The molecule has 2 aromatic rings.